The normalized spacial score (nSPS) is 15.2. The topological polar surface area (TPSA) is 54.0 Å². The summed E-state index contributed by atoms with van der Waals surface area (Å²) in [6, 6.07) is 14.3. The number of benzene rings is 2. The van der Waals surface area contributed by atoms with Crippen molar-refractivity contribution in [2.75, 3.05) is 52.3 Å². The molecule has 1 heterocycles. The van der Waals surface area contributed by atoms with Gasteiger partial charge in [0.05, 0.1) is 26.5 Å². The van der Waals surface area contributed by atoms with Gasteiger partial charge in [-0.15, -0.1) is 0 Å². The van der Waals surface area contributed by atoms with Gasteiger partial charge in [0.15, 0.2) is 0 Å². The summed E-state index contributed by atoms with van der Waals surface area (Å²) in [5, 5.41) is 2.95. The number of nitrogens with one attached hydrogen (secondary N) is 1. The van der Waals surface area contributed by atoms with Crippen LogP contribution < -0.4 is 14.8 Å². The van der Waals surface area contributed by atoms with Crippen molar-refractivity contribution in [3.05, 3.63) is 53.6 Å². The van der Waals surface area contributed by atoms with Crippen molar-refractivity contribution in [2.45, 2.75) is 26.3 Å². The summed E-state index contributed by atoms with van der Waals surface area (Å²) < 4.78 is 10.6. The lowest BCUT2D eigenvalue weighted by molar-refractivity contribution is -0.117. The fourth-order valence-electron chi connectivity index (χ4n) is 3.67. The highest BCUT2D eigenvalue weighted by Crippen LogP contribution is 2.29. The van der Waals surface area contributed by atoms with E-state index in [4.69, 9.17) is 9.47 Å². The average molecular weight is 412 g/mol. The van der Waals surface area contributed by atoms with Crippen molar-refractivity contribution in [2.24, 2.45) is 0 Å². The summed E-state index contributed by atoms with van der Waals surface area (Å²) in [4.78, 5) is 17.2. The van der Waals surface area contributed by atoms with Crippen LogP contribution in [0.5, 0.6) is 11.5 Å². The van der Waals surface area contributed by atoms with Crippen molar-refractivity contribution in [3.63, 3.8) is 0 Å². The molecule has 1 N–H and O–H groups in total. The highest BCUT2D eigenvalue weighted by Gasteiger charge is 2.20. The first kappa shape index (κ1) is 22.1. The number of piperazine rings is 1. The molecule has 1 fully saturated rings. The first-order valence-electron chi connectivity index (χ1n) is 10.5. The summed E-state index contributed by atoms with van der Waals surface area (Å²) in [6.45, 7) is 9.47. The molecule has 2 aromatic rings. The lowest BCUT2D eigenvalue weighted by atomic mass is 10.0. The maximum absolute atomic E-state index is 12.5. The van der Waals surface area contributed by atoms with Crippen molar-refractivity contribution in [1.29, 1.82) is 0 Å². The number of rotatable bonds is 8. The Kier molecular flexibility index (Phi) is 7.71. The molecule has 3 rings (SSSR count). The second-order valence-corrected chi connectivity index (χ2v) is 8.06. The van der Waals surface area contributed by atoms with E-state index in [2.05, 4.69) is 53.2 Å². The van der Waals surface area contributed by atoms with Crippen molar-refractivity contribution in [1.82, 2.24) is 9.80 Å². The molecule has 0 bridgehead atoms. The van der Waals surface area contributed by atoms with Gasteiger partial charge in [0.1, 0.15) is 11.5 Å². The Morgan fingerprint density at radius 3 is 2.23 bits per heavy atom. The quantitative estimate of drug-likeness (QED) is 0.720. The fraction of sp³-hybridized carbons (Fsp3) is 0.458. The molecule has 0 aliphatic carbocycles. The molecule has 30 heavy (non-hydrogen) atoms. The molecule has 6 heteroatoms. The summed E-state index contributed by atoms with van der Waals surface area (Å²) in [5.41, 5.74) is 3.38. The molecule has 0 radical (unpaired) electrons. The molecule has 1 amide bonds. The van der Waals surface area contributed by atoms with Crippen molar-refractivity contribution >= 4 is 11.6 Å². The minimum atomic E-state index is -0.0313. The van der Waals surface area contributed by atoms with E-state index in [0.29, 0.717) is 29.6 Å². The SMILES string of the molecule is COc1ccc(NC(=O)CN2CCN(Cc3ccc(C(C)C)cc3)CC2)c(OC)c1. The van der Waals surface area contributed by atoms with Crippen LogP contribution in [-0.2, 0) is 11.3 Å². The van der Waals surface area contributed by atoms with Gasteiger partial charge in [0.2, 0.25) is 5.91 Å². The number of amides is 1. The van der Waals surface area contributed by atoms with Crippen LogP contribution in [0.4, 0.5) is 5.69 Å². The number of nitrogens with zero attached hydrogens (tertiary/aromatic N) is 2. The van der Waals surface area contributed by atoms with Crippen LogP contribution in [0.1, 0.15) is 30.9 Å². The Hall–Kier alpha value is -2.57. The monoisotopic (exact) mass is 411 g/mol. The number of carbonyl (C=O) groups is 1. The predicted molar refractivity (Wildman–Crippen MR) is 120 cm³/mol. The molecule has 0 spiro atoms. The number of methoxy groups -OCH3 is 2. The van der Waals surface area contributed by atoms with Crippen LogP contribution in [0.3, 0.4) is 0 Å². The lowest BCUT2D eigenvalue weighted by Gasteiger charge is -2.34. The van der Waals surface area contributed by atoms with Crippen LogP contribution in [0.2, 0.25) is 0 Å². The number of ether oxygens (including phenoxy) is 2. The van der Waals surface area contributed by atoms with Crippen LogP contribution in [0, 0.1) is 0 Å². The van der Waals surface area contributed by atoms with E-state index in [1.807, 2.05) is 6.07 Å². The first-order chi connectivity index (χ1) is 14.5. The molecule has 2 aromatic carbocycles. The zero-order valence-electron chi connectivity index (χ0n) is 18.5. The van der Waals surface area contributed by atoms with E-state index in [9.17, 15) is 4.79 Å². The van der Waals surface area contributed by atoms with Crippen LogP contribution >= 0.6 is 0 Å². The van der Waals surface area contributed by atoms with Crippen LogP contribution in [0.15, 0.2) is 42.5 Å². The number of carbonyl (C=O) groups excluding carboxylic acids is 1. The Balaban J connectivity index is 1.45. The highest BCUT2D eigenvalue weighted by molar-refractivity contribution is 5.93. The molecule has 6 nitrogen and oxygen atoms in total. The van der Waals surface area contributed by atoms with Gasteiger partial charge in [-0.05, 0) is 29.2 Å². The van der Waals surface area contributed by atoms with E-state index in [-0.39, 0.29) is 5.91 Å². The number of hydrogen-bond acceptors (Lipinski definition) is 5. The Morgan fingerprint density at radius 2 is 1.63 bits per heavy atom. The van der Waals surface area contributed by atoms with Gasteiger partial charge in [-0.1, -0.05) is 38.1 Å². The van der Waals surface area contributed by atoms with Gasteiger partial charge < -0.3 is 14.8 Å². The minimum absolute atomic E-state index is 0.0313. The highest BCUT2D eigenvalue weighted by atomic mass is 16.5. The third kappa shape index (κ3) is 5.97. The molecular formula is C24H33N3O3. The third-order valence-corrected chi connectivity index (χ3v) is 5.57. The maximum atomic E-state index is 12.5. The molecule has 0 aromatic heterocycles. The predicted octanol–water partition coefficient (Wildman–Crippen LogP) is 3.58. The second kappa shape index (κ2) is 10.5. The van der Waals surface area contributed by atoms with E-state index < -0.39 is 0 Å². The van der Waals surface area contributed by atoms with Gasteiger partial charge in [0, 0.05) is 38.8 Å². The van der Waals surface area contributed by atoms with E-state index in [1.165, 1.54) is 11.1 Å². The van der Waals surface area contributed by atoms with E-state index in [0.717, 1.165) is 32.7 Å². The largest absolute Gasteiger partial charge is 0.497 e. The molecule has 0 saturated carbocycles. The summed E-state index contributed by atoms with van der Waals surface area (Å²) in [7, 11) is 3.19. The zero-order valence-corrected chi connectivity index (χ0v) is 18.5. The molecular weight excluding hydrogens is 378 g/mol. The first-order valence-corrected chi connectivity index (χ1v) is 10.5. The van der Waals surface area contributed by atoms with Gasteiger partial charge in [-0.25, -0.2) is 0 Å². The summed E-state index contributed by atoms with van der Waals surface area (Å²) in [5.74, 6) is 1.82. The lowest BCUT2D eigenvalue weighted by Crippen LogP contribution is -2.48. The molecule has 162 valence electrons. The molecule has 1 aliphatic heterocycles. The number of hydrogen-bond donors (Lipinski definition) is 1. The third-order valence-electron chi connectivity index (χ3n) is 5.57. The Labute approximate surface area is 179 Å². The smallest absolute Gasteiger partial charge is 0.238 e. The minimum Gasteiger partial charge on any atom is -0.497 e. The zero-order chi connectivity index (χ0) is 21.5. The summed E-state index contributed by atoms with van der Waals surface area (Å²) >= 11 is 0. The summed E-state index contributed by atoms with van der Waals surface area (Å²) in [6.07, 6.45) is 0. The van der Waals surface area contributed by atoms with Gasteiger partial charge >= 0.3 is 0 Å². The second-order valence-electron chi connectivity index (χ2n) is 8.06. The maximum Gasteiger partial charge on any atom is 0.238 e. The Bertz CT molecular complexity index is 828. The van der Waals surface area contributed by atoms with E-state index in [1.54, 1.807) is 26.4 Å². The average Bonchev–Trinajstić information content (AvgIpc) is 2.75. The van der Waals surface area contributed by atoms with Crippen LogP contribution in [0.25, 0.3) is 0 Å². The molecule has 0 unspecified atom stereocenters. The van der Waals surface area contributed by atoms with E-state index >= 15 is 0 Å². The molecule has 0 atom stereocenters. The molecule has 1 aliphatic rings. The van der Waals surface area contributed by atoms with Gasteiger partial charge in [-0.3, -0.25) is 14.6 Å². The van der Waals surface area contributed by atoms with Crippen molar-refractivity contribution in [3.8, 4) is 11.5 Å². The Morgan fingerprint density at radius 1 is 0.967 bits per heavy atom. The van der Waals surface area contributed by atoms with Crippen molar-refractivity contribution < 1.29 is 14.3 Å². The molecule has 1 saturated heterocycles. The standard InChI is InChI=1S/C24H33N3O3/c1-18(2)20-7-5-19(6-8-20)16-26-11-13-27(14-12-26)17-24(28)25-22-10-9-21(29-3)15-23(22)30-4/h5-10,15,18H,11-14,16-17H2,1-4H3,(H,25,28). The van der Waals surface area contributed by atoms with Gasteiger partial charge in [0.25, 0.3) is 0 Å². The van der Waals surface area contributed by atoms with Crippen LogP contribution in [-0.4, -0.2) is 62.7 Å². The number of anilines is 1. The fourth-order valence-corrected chi connectivity index (χ4v) is 3.67. The van der Waals surface area contributed by atoms with Gasteiger partial charge in [-0.2, -0.15) is 0 Å².